The summed E-state index contributed by atoms with van der Waals surface area (Å²) in [6.07, 6.45) is 2.93. The summed E-state index contributed by atoms with van der Waals surface area (Å²) in [6, 6.07) is 6.41. The Balaban J connectivity index is 2.00. The first-order valence-electron chi connectivity index (χ1n) is 7.99. The molecule has 1 saturated heterocycles. The molecule has 7 nitrogen and oxygen atoms in total. The van der Waals surface area contributed by atoms with Gasteiger partial charge in [-0.15, -0.1) is 0 Å². The lowest BCUT2D eigenvalue weighted by atomic mass is 10.0. The van der Waals surface area contributed by atoms with Crippen molar-refractivity contribution in [2.45, 2.75) is 38.8 Å². The van der Waals surface area contributed by atoms with Gasteiger partial charge in [0.1, 0.15) is 12.2 Å². The van der Waals surface area contributed by atoms with E-state index in [0.29, 0.717) is 6.54 Å². The zero-order chi connectivity index (χ0) is 17.3. The van der Waals surface area contributed by atoms with Gasteiger partial charge in [-0.1, -0.05) is 18.2 Å². The van der Waals surface area contributed by atoms with Crippen molar-refractivity contribution in [1.82, 2.24) is 14.7 Å². The van der Waals surface area contributed by atoms with Crippen LogP contribution in [0, 0.1) is 0 Å². The van der Waals surface area contributed by atoms with Crippen LogP contribution in [-0.2, 0) is 11.3 Å². The van der Waals surface area contributed by atoms with Gasteiger partial charge in [0.15, 0.2) is 0 Å². The number of hydrogen-bond acceptors (Lipinski definition) is 5. The molecule has 1 atom stereocenters. The number of carboxylic acid groups (broad SMARTS) is 1. The summed E-state index contributed by atoms with van der Waals surface area (Å²) < 4.78 is 0.928. The van der Waals surface area contributed by atoms with Crippen molar-refractivity contribution >= 4 is 22.6 Å². The van der Waals surface area contributed by atoms with Crippen LogP contribution in [0.15, 0.2) is 29.1 Å². The van der Waals surface area contributed by atoms with E-state index in [2.05, 4.69) is 5.10 Å². The molecule has 2 aromatic rings. The number of carbonyl (C=O) groups excluding carboxylic acids is 2. The Morgan fingerprint density at radius 2 is 1.96 bits per heavy atom. The van der Waals surface area contributed by atoms with Crippen molar-refractivity contribution in [3.63, 3.8) is 0 Å². The average Bonchev–Trinajstić information content (AvgIpc) is 2.57. The van der Waals surface area contributed by atoms with Crippen molar-refractivity contribution in [2.24, 2.45) is 0 Å². The number of benzene rings is 1. The second-order valence-electron chi connectivity index (χ2n) is 6.08. The SMILES string of the molecule is C[C@H]1CCCCN1C(=O)Cn1nc(C(=O)[O-])c2ccccc2c1=O. The van der Waals surface area contributed by atoms with E-state index in [4.69, 9.17) is 0 Å². The number of aromatic nitrogens is 2. The van der Waals surface area contributed by atoms with Gasteiger partial charge in [0.25, 0.3) is 5.56 Å². The van der Waals surface area contributed by atoms with Crippen LogP contribution >= 0.6 is 0 Å². The Morgan fingerprint density at radius 1 is 1.25 bits per heavy atom. The van der Waals surface area contributed by atoms with Crippen LogP contribution in [0.5, 0.6) is 0 Å². The van der Waals surface area contributed by atoms with E-state index < -0.39 is 11.5 Å². The molecule has 0 bridgehead atoms. The molecule has 2 heterocycles. The number of nitrogens with zero attached hydrogens (tertiary/aromatic N) is 3. The molecule has 7 heteroatoms. The van der Waals surface area contributed by atoms with E-state index in [1.165, 1.54) is 12.1 Å². The number of piperidine rings is 1. The van der Waals surface area contributed by atoms with Crippen LogP contribution in [-0.4, -0.2) is 39.1 Å². The first-order chi connectivity index (χ1) is 11.5. The highest BCUT2D eigenvalue weighted by molar-refractivity contribution is 6.00. The molecule has 0 saturated carbocycles. The Kier molecular flexibility index (Phi) is 4.33. The fourth-order valence-corrected chi connectivity index (χ4v) is 3.18. The summed E-state index contributed by atoms with van der Waals surface area (Å²) in [4.78, 5) is 38.1. The van der Waals surface area contributed by atoms with E-state index in [-0.39, 0.29) is 35.0 Å². The average molecular weight is 328 g/mol. The standard InChI is InChI=1S/C17H19N3O4/c1-11-6-4-5-9-19(11)14(21)10-20-16(22)13-8-3-2-7-12(13)15(18-20)17(23)24/h2-3,7-8,11H,4-6,9-10H2,1H3,(H,23,24)/p-1/t11-/m0/s1. The van der Waals surface area contributed by atoms with E-state index in [0.717, 1.165) is 23.9 Å². The largest absolute Gasteiger partial charge is 0.543 e. The van der Waals surface area contributed by atoms with E-state index in [1.54, 1.807) is 17.0 Å². The molecular formula is C17H18N3O4-. The minimum absolute atomic E-state index is 0.114. The Morgan fingerprint density at radius 3 is 2.62 bits per heavy atom. The van der Waals surface area contributed by atoms with Gasteiger partial charge in [0.2, 0.25) is 5.91 Å². The predicted octanol–water partition coefficient (Wildman–Crippen LogP) is 0.161. The molecule has 1 fully saturated rings. The molecule has 1 aliphatic heterocycles. The smallest absolute Gasteiger partial charge is 0.275 e. The molecule has 126 valence electrons. The number of carbonyl (C=O) groups is 2. The van der Waals surface area contributed by atoms with Crippen LogP contribution in [0.1, 0.15) is 36.7 Å². The molecular weight excluding hydrogens is 310 g/mol. The lowest BCUT2D eigenvalue weighted by Gasteiger charge is -2.33. The van der Waals surface area contributed by atoms with Crippen LogP contribution in [0.3, 0.4) is 0 Å². The summed E-state index contributed by atoms with van der Waals surface area (Å²) in [7, 11) is 0. The number of amides is 1. The van der Waals surface area contributed by atoms with Crippen molar-refractivity contribution in [2.75, 3.05) is 6.54 Å². The maximum Gasteiger partial charge on any atom is 0.275 e. The van der Waals surface area contributed by atoms with Gasteiger partial charge in [-0.2, -0.15) is 5.10 Å². The molecule has 0 radical (unpaired) electrons. The van der Waals surface area contributed by atoms with Crippen molar-refractivity contribution < 1.29 is 14.7 Å². The van der Waals surface area contributed by atoms with Gasteiger partial charge in [-0.25, -0.2) is 4.68 Å². The normalized spacial score (nSPS) is 17.9. The predicted molar refractivity (Wildman–Crippen MR) is 85.4 cm³/mol. The summed E-state index contributed by atoms with van der Waals surface area (Å²) in [5.74, 6) is -1.70. The third-order valence-corrected chi connectivity index (χ3v) is 4.47. The van der Waals surface area contributed by atoms with Crippen LogP contribution in [0.4, 0.5) is 0 Å². The monoisotopic (exact) mass is 328 g/mol. The number of aromatic carboxylic acids is 1. The maximum atomic E-state index is 12.5. The minimum Gasteiger partial charge on any atom is -0.543 e. The molecule has 1 aromatic heterocycles. The summed E-state index contributed by atoms with van der Waals surface area (Å²) >= 11 is 0. The zero-order valence-electron chi connectivity index (χ0n) is 13.4. The first-order valence-corrected chi connectivity index (χ1v) is 7.99. The minimum atomic E-state index is -1.47. The van der Waals surface area contributed by atoms with Crippen molar-refractivity contribution in [1.29, 1.82) is 0 Å². The molecule has 0 spiro atoms. The molecule has 3 rings (SSSR count). The van der Waals surface area contributed by atoms with Gasteiger partial charge in [-0.3, -0.25) is 9.59 Å². The molecule has 0 aliphatic carbocycles. The molecule has 1 aliphatic rings. The quantitative estimate of drug-likeness (QED) is 0.800. The van der Waals surface area contributed by atoms with Gasteiger partial charge in [0, 0.05) is 18.0 Å². The number of fused-ring (bicyclic) bond motifs is 1. The Labute approximate surface area is 138 Å². The topological polar surface area (TPSA) is 95.3 Å². The first kappa shape index (κ1) is 16.2. The third kappa shape index (κ3) is 2.89. The van der Waals surface area contributed by atoms with Gasteiger partial charge in [-0.05, 0) is 32.3 Å². The van der Waals surface area contributed by atoms with Crippen LogP contribution < -0.4 is 10.7 Å². The number of rotatable bonds is 3. The maximum absolute atomic E-state index is 12.5. The second-order valence-corrected chi connectivity index (χ2v) is 6.08. The van der Waals surface area contributed by atoms with Gasteiger partial charge in [0.05, 0.1) is 11.4 Å². The Bertz CT molecular complexity index is 859. The van der Waals surface area contributed by atoms with Crippen molar-refractivity contribution in [3.8, 4) is 0 Å². The fourth-order valence-electron chi connectivity index (χ4n) is 3.18. The highest BCUT2D eigenvalue weighted by Gasteiger charge is 2.24. The number of likely N-dealkylation sites (tertiary alicyclic amines) is 1. The highest BCUT2D eigenvalue weighted by atomic mass is 16.4. The third-order valence-electron chi connectivity index (χ3n) is 4.47. The van der Waals surface area contributed by atoms with Crippen molar-refractivity contribution in [3.05, 3.63) is 40.3 Å². The zero-order valence-corrected chi connectivity index (χ0v) is 13.4. The summed E-state index contributed by atoms with van der Waals surface area (Å²) in [5.41, 5.74) is -0.807. The number of carboxylic acids is 1. The molecule has 1 aromatic carbocycles. The molecule has 24 heavy (non-hydrogen) atoms. The van der Waals surface area contributed by atoms with E-state index in [1.807, 2.05) is 6.92 Å². The summed E-state index contributed by atoms with van der Waals surface area (Å²) in [6.45, 7) is 2.35. The van der Waals surface area contributed by atoms with Gasteiger partial charge < -0.3 is 14.8 Å². The lowest BCUT2D eigenvalue weighted by Crippen LogP contribution is -2.45. The lowest BCUT2D eigenvalue weighted by molar-refractivity contribution is -0.255. The molecule has 0 unspecified atom stereocenters. The van der Waals surface area contributed by atoms with E-state index >= 15 is 0 Å². The van der Waals surface area contributed by atoms with E-state index in [9.17, 15) is 19.5 Å². The van der Waals surface area contributed by atoms with Crippen LogP contribution in [0.25, 0.3) is 10.8 Å². The highest BCUT2D eigenvalue weighted by Crippen LogP contribution is 2.17. The van der Waals surface area contributed by atoms with Gasteiger partial charge >= 0.3 is 0 Å². The second kappa shape index (κ2) is 6.43. The fraction of sp³-hybridized carbons (Fsp3) is 0.412. The van der Waals surface area contributed by atoms with Crippen LogP contribution in [0.2, 0.25) is 0 Å². The summed E-state index contributed by atoms with van der Waals surface area (Å²) in [5, 5.41) is 15.6. The molecule has 1 amide bonds. The Hall–Kier alpha value is -2.70. The molecule has 0 N–H and O–H groups in total. The number of hydrogen-bond donors (Lipinski definition) is 0.